The molecule has 1 aliphatic heterocycles. The van der Waals surface area contributed by atoms with Crippen LogP contribution in [0.5, 0.6) is 0 Å². The fourth-order valence-electron chi connectivity index (χ4n) is 3.13. The first-order valence-electron chi connectivity index (χ1n) is 9.42. The van der Waals surface area contributed by atoms with Gasteiger partial charge in [0.25, 0.3) is 0 Å². The van der Waals surface area contributed by atoms with Crippen molar-refractivity contribution in [3.8, 4) is 11.3 Å². The summed E-state index contributed by atoms with van der Waals surface area (Å²) in [5.41, 5.74) is 5.14. The molecular formula is C22H23N5O. The van der Waals surface area contributed by atoms with Crippen LogP contribution in [0.15, 0.2) is 84.8 Å². The lowest BCUT2D eigenvalue weighted by molar-refractivity contribution is -0.0305. The second-order valence-corrected chi connectivity index (χ2v) is 6.76. The molecule has 142 valence electrons. The van der Waals surface area contributed by atoms with Gasteiger partial charge in [-0.1, -0.05) is 47.7 Å². The highest BCUT2D eigenvalue weighted by Crippen LogP contribution is 2.22. The van der Waals surface area contributed by atoms with Crippen LogP contribution in [0.3, 0.4) is 0 Å². The van der Waals surface area contributed by atoms with Gasteiger partial charge in [-0.25, -0.2) is 0 Å². The molecule has 28 heavy (non-hydrogen) atoms. The second-order valence-electron chi connectivity index (χ2n) is 6.76. The van der Waals surface area contributed by atoms with Gasteiger partial charge in [0.15, 0.2) is 0 Å². The number of rotatable bonds is 7. The molecule has 0 bridgehead atoms. The Hall–Kier alpha value is -3.38. The van der Waals surface area contributed by atoms with E-state index in [9.17, 15) is 5.21 Å². The quantitative estimate of drug-likeness (QED) is 0.653. The number of benzene rings is 2. The van der Waals surface area contributed by atoms with Crippen molar-refractivity contribution in [2.75, 3.05) is 11.9 Å². The number of anilines is 1. The average Bonchev–Trinajstić information content (AvgIpc) is 3.20. The van der Waals surface area contributed by atoms with E-state index in [0.29, 0.717) is 6.54 Å². The Bertz CT molecular complexity index is 977. The minimum absolute atomic E-state index is 0.468. The van der Waals surface area contributed by atoms with E-state index in [1.165, 1.54) is 5.56 Å². The Labute approximate surface area is 164 Å². The number of hydrogen-bond acceptors (Lipinski definition) is 5. The van der Waals surface area contributed by atoms with Gasteiger partial charge in [0.1, 0.15) is 5.69 Å². The third-order valence-electron chi connectivity index (χ3n) is 4.61. The van der Waals surface area contributed by atoms with E-state index in [0.717, 1.165) is 47.1 Å². The smallest absolute Gasteiger partial charge is 0.113 e. The number of hydrogen-bond donors (Lipinski definition) is 2. The van der Waals surface area contributed by atoms with Crippen LogP contribution >= 0.6 is 0 Å². The molecule has 2 N–H and O–H groups in total. The number of nitrogens with zero attached hydrogens (tertiary/aromatic N) is 4. The molecule has 2 heterocycles. The largest absolute Gasteiger partial charge is 0.356 e. The lowest BCUT2D eigenvalue weighted by Gasteiger charge is -2.16. The van der Waals surface area contributed by atoms with Gasteiger partial charge in [0.05, 0.1) is 12.7 Å². The van der Waals surface area contributed by atoms with Crippen LogP contribution in [-0.4, -0.2) is 31.8 Å². The molecule has 0 spiro atoms. The van der Waals surface area contributed by atoms with E-state index >= 15 is 0 Å². The zero-order valence-electron chi connectivity index (χ0n) is 15.6. The highest BCUT2D eigenvalue weighted by molar-refractivity contribution is 5.65. The molecule has 0 fully saturated rings. The highest BCUT2D eigenvalue weighted by Gasteiger charge is 2.07. The summed E-state index contributed by atoms with van der Waals surface area (Å²) in [6.07, 6.45) is 9.44. The number of aromatic nitrogens is 3. The summed E-state index contributed by atoms with van der Waals surface area (Å²) in [6.45, 7) is 1.31. The minimum atomic E-state index is 0.468. The molecule has 6 nitrogen and oxygen atoms in total. The third kappa shape index (κ3) is 4.66. The maximum atomic E-state index is 9.37. The van der Waals surface area contributed by atoms with Crippen molar-refractivity contribution in [1.82, 2.24) is 20.1 Å². The van der Waals surface area contributed by atoms with Crippen LogP contribution in [0.4, 0.5) is 5.69 Å². The van der Waals surface area contributed by atoms with Crippen molar-refractivity contribution < 1.29 is 5.21 Å². The minimum Gasteiger partial charge on any atom is -0.356 e. The van der Waals surface area contributed by atoms with Crippen molar-refractivity contribution in [3.05, 3.63) is 90.4 Å². The maximum Gasteiger partial charge on any atom is 0.113 e. The Kier molecular flexibility index (Phi) is 5.49. The standard InChI is InChI=1S/C22H23N5O/c28-27-14-11-20(12-15-27)23-21-10-4-9-19(16-21)22-17-26(25-24-22)13-5-8-18-6-2-1-3-7-18/h1-4,6-7,9-12,14,16-17,23,28H,5,8,13,15H2. The van der Waals surface area contributed by atoms with E-state index in [-0.39, 0.29) is 0 Å². The van der Waals surface area contributed by atoms with Gasteiger partial charge < -0.3 is 5.32 Å². The zero-order valence-corrected chi connectivity index (χ0v) is 15.6. The first kappa shape index (κ1) is 18.0. The molecule has 4 rings (SSSR count). The number of allylic oxidation sites excluding steroid dienone is 1. The molecule has 0 unspecified atom stereocenters. The molecule has 6 heteroatoms. The number of nitrogens with one attached hydrogen (secondary N) is 1. The van der Waals surface area contributed by atoms with Gasteiger partial charge in [-0.3, -0.25) is 15.0 Å². The second kappa shape index (κ2) is 8.54. The predicted octanol–water partition coefficient (Wildman–Crippen LogP) is 4.09. The van der Waals surface area contributed by atoms with Gasteiger partial charge in [0.2, 0.25) is 0 Å². The summed E-state index contributed by atoms with van der Waals surface area (Å²) < 4.78 is 1.90. The molecule has 0 saturated carbocycles. The molecule has 0 atom stereocenters. The van der Waals surface area contributed by atoms with Gasteiger partial charge in [0, 0.05) is 29.7 Å². The Morgan fingerprint density at radius 3 is 2.79 bits per heavy atom. The molecule has 0 radical (unpaired) electrons. The molecular weight excluding hydrogens is 350 g/mol. The van der Waals surface area contributed by atoms with Crippen molar-refractivity contribution >= 4 is 5.69 Å². The number of aryl methyl sites for hydroxylation is 2. The SMILES string of the molecule is ON1C=CC(Nc2cccc(-c3cn(CCCc4ccccc4)nn3)c2)=CC1. The predicted molar refractivity (Wildman–Crippen MR) is 110 cm³/mol. The van der Waals surface area contributed by atoms with Crippen LogP contribution in [0.1, 0.15) is 12.0 Å². The van der Waals surface area contributed by atoms with Gasteiger partial charge in [-0.05, 0) is 42.7 Å². The summed E-state index contributed by atoms with van der Waals surface area (Å²) in [4.78, 5) is 0. The van der Waals surface area contributed by atoms with Crippen molar-refractivity contribution in [1.29, 1.82) is 0 Å². The highest BCUT2D eigenvalue weighted by atomic mass is 16.5. The molecule has 0 amide bonds. The van der Waals surface area contributed by atoms with E-state index in [2.05, 4.69) is 46.0 Å². The van der Waals surface area contributed by atoms with Crippen LogP contribution in [0.2, 0.25) is 0 Å². The molecule has 0 aliphatic carbocycles. The van der Waals surface area contributed by atoms with Gasteiger partial charge >= 0.3 is 0 Å². The normalized spacial score (nSPS) is 13.5. The summed E-state index contributed by atoms with van der Waals surface area (Å²) in [5, 5.41) is 22.5. The fourth-order valence-corrected chi connectivity index (χ4v) is 3.13. The van der Waals surface area contributed by atoms with Gasteiger partial charge in [-0.15, -0.1) is 5.10 Å². The van der Waals surface area contributed by atoms with E-state index < -0.39 is 0 Å². The van der Waals surface area contributed by atoms with Crippen molar-refractivity contribution in [3.63, 3.8) is 0 Å². The summed E-state index contributed by atoms with van der Waals surface area (Å²) in [7, 11) is 0. The molecule has 2 aromatic carbocycles. The van der Waals surface area contributed by atoms with E-state index in [1.807, 2.05) is 47.3 Å². The van der Waals surface area contributed by atoms with Crippen LogP contribution < -0.4 is 5.32 Å². The monoisotopic (exact) mass is 373 g/mol. The Morgan fingerprint density at radius 1 is 1.07 bits per heavy atom. The fraction of sp³-hybridized carbons (Fsp3) is 0.182. The molecule has 3 aromatic rings. The van der Waals surface area contributed by atoms with E-state index in [1.54, 1.807) is 6.20 Å². The van der Waals surface area contributed by atoms with Crippen molar-refractivity contribution in [2.24, 2.45) is 0 Å². The van der Waals surface area contributed by atoms with Gasteiger partial charge in [-0.2, -0.15) is 0 Å². The first-order valence-corrected chi connectivity index (χ1v) is 9.42. The van der Waals surface area contributed by atoms with Crippen LogP contribution in [0, 0.1) is 0 Å². The Morgan fingerprint density at radius 2 is 1.96 bits per heavy atom. The van der Waals surface area contributed by atoms with Crippen LogP contribution in [0.25, 0.3) is 11.3 Å². The summed E-state index contributed by atoms with van der Waals surface area (Å²) in [6, 6.07) is 18.6. The lowest BCUT2D eigenvalue weighted by Crippen LogP contribution is -2.16. The Balaban J connectivity index is 1.37. The first-order chi connectivity index (χ1) is 13.8. The molecule has 0 saturated heterocycles. The summed E-state index contributed by atoms with van der Waals surface area (Å²) in [5.74, 6) is 0. The van der Waals surface area contributed by atoms with Crippen LogP contribution in [-0.2, 0) is 13.0 Å². The third-order valence-corrected chi connectivity index (χ3v) is 4.61. The lowest BCUT2D eigenvalue weighted by atomic mass is 10.1. The van der Waals surface area contributed by atoms with Crippen molar-refractivity contribution in [2.45, 2.75) is 19.4 Å². The van der Waals surface area contributed by atoms with E-state index in [4.69, 9.17) is 0 Å². The molecule has 1 aromatic heterocycles. The maximum absolute atomic E-state index is 9.37. The zero-order chi connectivity index (χ0) is 19.2. The average molecular weight is 373 g/mol. The topological polar surface area (TPSA) is 66.2 Å². The number of hydroxylamine groups is 2. The molecule has 1 aliphatic rings. The summed E-state index contributed by atoms with van der Waals surface area (Å²) >= 11 is 0.